The summed E-state index contributed by atoms with van der Waals surface area (Å²) in [5, 5.41) is 16.1. The lowest BCUT2D eigenvalue weighted by molar-refractivity contribution is -0.147. The molecular formula is C18H23N3O4. The van der Waals surface area contributed by atoms with Gasteiger partial charge in [0.2, 0.25) is 0 Å². The second-order valence-electron chi connectivity index (χ2n) is 6.52. The van der Waals surface area contributed by atoms with E-state index in [0.29, 0.717) is 12.2 Å². The van der Waals surface area contributed by atoms with Crippen LogP contribution in [-0.2, 0) is 4.79 Å². The zero-order valence-corrected chi connectivity index (χ0v) is 14.9. The van der Waals surface area contributed by atoms with Gasteiger partial charge in [-0.15, -0.1) is 0 Å². The lowest BCUT2D eigenvalue weighted by Crippen LogP contribution is -2.32. The number of amides is 1. The van der Waals surface area contributed by atoms with E-state index in [1.54, 1.807) is 37.9 Å². The molecule has 0 spiro atoms. The van der Waals surface area contributed by atoms with Crippen molar-refractivity contribution in [3.8, 4) is 11.4 Å². The lowest BCUT2D eigenvalue weighted by Gasteiger charge is -2.18. The third-order valence-electron chi connectivity index (χ3n) is 4.02. The summed E-state index contributed by atoms with van der Waals surface area (Å²) in [5.41, 5.74) is 1.17. The molecule has 0 aliphatic rings. The summed E-state index contributed by atoms with van der Waals surface area (Å²) < 4.78 is 6.92. The number of carbonyl (C=O) groups is 2. The summed E-state index contributed by atoms with van der Waals surface area (Å²) in [5.74, 6) is -0.576. The molecule has 1 aromatic carbocycles. The number of aryl methyl sites for hydroxylation is 1. The number of nitrogens with one attached hydrogen (secondary N) is 1. The minimum atomic E-state index is -0.891. The fourth-order valence-electron chi connectivity index (χ4n) is 2.24. The smallest absolute Gasteiger partial charge is 0.309 e. The Labute approximate surface area is 146 Å². The van der Waals surface area contributed by atoms with E-state index in [1.807, 2.05) is 25.1 Å². The minimum absolute atomic E-state index is 0.261. The maximum Gasteiger partial charge on any atom is 0.309 e. The van der Waals surface area contributed by atoms with Gasteiger partial charge in [-0.05, 0) is 51.0 Å². The largest absolute Gasteiger partial charge is 0.494 e. The van der Waals surface area contributed by atoms with Gasteiger partial charge in [-0.3, -0.25) is 9.59 Å². The number of aliphatic carboxylic acids is 1. The van der Waals surface area contributed by atoms with Crippen LogP contribution in [0.15, 0.2) is 30.5 Å². The Morgan fingerprint density at radius 3 is 2.68 bits per heavy atom. The van der Waals surface area contributed by atoms with Crippen LogP contribution in [0, 0.1) is 12.3 Å². The zero-order chi connectivity index (χ0) is 18.6. The van der Waals surface area contributed by atoms with Crippen molar-refractivity contribution in [2.45, 2.75) is 27.2 Å². The number of nitrogens with zero attached hydrogens (tertiary/aromatic N) is 2. The molecule has 0 aliphatic carbocycles. The molecule has 1 amide bonds. The van der Waals surface area contributed by atoms with E-state index in [9.17, 15) is 9.59 Å². The van der Waals surface area contributed by atoms with E-state index < -0.39 is 11.4 Å². The molecule has 7 heteroatoms. The Hall–Kier alpha value is -2.83. The number of methoxy groups -OCH3 is 1. The number of hydrogen-bond donors (Lipinski definition) is 2. The zero-order valence-electron chi connectivity index (χ0n) is 14.9. The van der Waals surface area contributed by atoms with Crippen molar-refractivity contribution in [3.05, 3.63) is 41.7 Å². The van der Waals surface area contributed by atoms with Crippen molar-refractivity contribution < 1.29 is 19.4 Å². The van der Waals surface area contributed by atoms with E-state index in [-0.39, 0.29) is 18.1 Å². The highest BCUT2D eigenvalue weighted by Crippen LogP contribution is 2.23. The fraction of sp³-hybridized carbons (Fsp3) is 0.389. The first kappa shape index (κ1) is 18.5. The van der Waals surface area contributed by atoms with Crippen molar-refractivity contribution in [2.75, 3.05) is 13.7 Å². The molecular weight excluding hydrogens is 322 g/mol. The lowest BCUT2D eigenvalue weighted by atomic mass is 9.90. The summed E-state index contributed by atoms with van der Waals surface area (Å²) in [7, 11) is 1.58. The third kappa shape index (κ3) is 4.37. The minimum Gasteiger partial charge on any atom is -0.494 e. The van der Waals surface area contributed by atoms with Gasteiger partial charge >= 0.3 is 5.97 Å². The highest BCUT2D eigenvalue weighted by molar-refractivity contribution is 5.92. The summed E-state index contributed by atoms with van der Waals surface area (Å²) in [6.07, 6.45) is 2.02. The van der Waals surface area contributed by atoms with Gasteiger partial charge in [0, 0.05) is 12.7 Å². The molecule has 0 aliphatic heterocycles. The van der Waals surface area contributed by atoms with Gasteiger partial charge in [0.1, 0.15) is 11.4 Å². The van der Waals surface area contributed by atoms with E-state index in [4.69, 9.17) is 9.84 Å². The van der Waals surface area contributed by atoms with Crippen LogP contribution in [-0.4, -0.2) is 40.4 Å². The summed E-state index contributed by atoms with van der Waals surface area (Å²) in [4.78, 5) is 23.3. The normalized spacial score (nSPS) is 11.2. The van der Waals surface area contributed by atoms with E-state index >= 15 is 0 Å². The first-order valence-corrected chi connectivity index (χ1v) is 7.97. The van der Waals surface area contributed by atoms with Gasteiger partial charge in [0.25, 0.3) is 5.91 Å². The molecule has 0 saturated carbocycles. The molecule has 0 radical (unpaired) electrons. The molecule has 2 N–H and O–H groups in total. The third-order valence-corrected chi connectivity index (χ3v) is 4.02. The van der Waals surface area contributed by atoms with Crippen LogP contribution in [0.25, 0.3) is 5.69 Å². The summed E-state index contributed by atoms with van der Waals surface area (Å²) in [6.45, 7) is 5.48. The average Bonchev–Trinajstić information content (AvgIpc) is 3.04. The Balaban J connectivity index is 2.07. The van der Waals surface area contributed by atoms with Crippen molar-refractivity contribution in [1.29, 1.82) is 0 Å². The first-order valence-electron chi connectivity index (χ1n) is 7.97. The molecule has 0 fully saturated rings. The number of carboxylic acid groups (broad SMARTS) is 1. The number of carbonyl (C=O) groups excluding carboxylic acids is 1. The highest BCUT2D eigenvalue weighted by Gasteiger charge is 2.26. The number of carboxylic acids is 1. The Morgan fingerprint density at radius 1 is 1.32 bits per heavy atom. The van der Waals surface area contributed by atoms with Crippen LogP contribution in [0.3, 0.4) is 0 Å². The quantitative estimate of drug-likeness (QED) is 0.804. The number of rotatable bonds is 7. The average molecular weight is 345 g/mol. The molecule has 0 saturated heterocycles. The Kier molecular flexibility index (Phi) is 5.46. The van der Waals surface area contributed by atoms with Crippen LogP contribution in [0.4, 0.5) is 0 Å². The molecule has 25 heavy (non-hydrogen) atoms. The predicted octanol–water partition coefficient (Wildman–Crippen LogP) is 2.42. The van der Waals surface area contributed by atoms with E-state index in [2.05, 4.69) is 10.4 Å². The number of benzene rings is 1. The van der Waals surface area contributed by atoms with Crippen LogP contribution < -0.4 is 10.1 Å². The summed E-state index contributed by atoms with van der Waals surface area (Å²) >= 11 is 0. The molecule has 1 heterocycles. The van der Waals surface area contributed by atoms with Crippen LogP contribution >= 0.6 is 0 Å². The van der Waals surface area contributed by atoms with Gasteiger partial charge in [-0.2, -0.15) is 5.10 Å². The molecule has 1 aromatic heterocycles. The topological polar surface area (TPSA) is 93.5 Å². The fourth-order valence-corrected chi connectivity index (χ4v) is 2.24. The van der Waals surface area contributed by atoms with Gasteiger partial charge < -0.3 is 15.2 Å². The molecule has 134 valence electrons. The van der Waals surface area contributed by atoms with Gasteiger partial charge in [-0.25, -0.2) is 4.68 Å². The van der Waals surface area contributed by atoms with Gasteiger partial charge in [0.15, 0.2) is 5.69 Å². The highest BCUT2D eigenvalue weighted by atomic mass is 16.5. The molecule has 0 bridgehead atoms. The van der Waals surface area contributed by atoms with Crippen molar-refractivity contribution >= 4 is 11.9 Å². The number of hydrogen-bond acceptors (Lipinski definition) is 4. The molecule has 0 atom stereocenters. The second kappa shape index (κ2) is 7.38. The number of aromatic nitrogens is 2. The van der Waals surface area contributed by atoms with Gasteiger partial charge in [0.05, 0.1) is 12.5 Å². The monoisotopic (exact) mass is 345 g/mol. The van der Waals surface area contributed by atoms with Crippen molar-refractivity contribution in [2.24, 2.45) is 5.41 Å². The first-order chi connectivity index (χ1) is 11.7. The Bertz CT molecular complexity index is 780. The summed E-state index contributed by atoms with van der Waals surface area (Å²) in [6, 6.07) is 7.31. The Morgan fingerprint density at radius 2 is 2.04 bits per heavy atom. The SMILES string of the molecule is COc1ccc(C)cc1-n1ccc(C(=O)NCCC(C)(C)C(=O)O)n1. The van der Waals surface area contributed by atoms with E-state index in [0.717, 1.165) is 11.3 Å². The van der Waals surface area contributed by atoms with Crippen LogP contribution in [0.2, 0.25) is 0 Å². The maximum absolute atomic E-state index is 12.2. The second-order valence-corrected chi connectivity index (χ2v) is 6.52. The number of ether oxygens (including phenoxy) is 1. The maximum atomic E-state index is 12.2. The van der Waals surface area contributed by atoms with Crippen LogP contribution in [0.5, 0.6) is 5.75 Å². The molecule has 0 unspecified atom stereocenters. The van der Waals surface area contributed by atoms with Crippen molar-refractivity contribution in [1.82, 2.24) is 15.1 Å². The molecule has 7 nitrogen and oxygen atoms in total. The predicted molar refractivity (Wildman–Crippen MR) is 93.2 cm³/mol. The molecule has 2 rings (SSSR count). The van der Waals surface area contributed by atoms with E-state index in [1.165, 1.54) is 0 Å². The standard InChI is InChI=1S/C18H23N3O4/c1-12-5-6-15(25-4)14(11-12)21-10-7-13(20-21)16(22)19-9-8-18(2,3)17(23)24/h5-7,10-11H,8-9H2,1-4H3,(H,19,22)(H,23,24). The van der Waals surface area contributed by atoms with Crippen molar-refractivity contribution in [3.63, 3.8) is 0 Å². The van der Waals surface area contributed by atoms with Crippen LogP contribution in [0.1, 0.15) is 36.3 Å². The molecule has 2 aromatic rings. The van der Waals surface area contributed by atoms with Gasteiger partial charge in [-0.1, -0.05) is 6.07 Å².